The molecule has 0 aromatic heterocycles. The van der Waals surface area contributed by atoms with Crippen LogP contribution in [0.5, 0.6) is 0 Å². The van der Waals surface area contributed by atoms with E-state index >= 15 is 0 Å². The van der Waals surface area contributed by atoms with Gasteiger partial charge >= 0.3 is 0 Å². The fourth-order valence-electron chi connectivity index (χ4n) is 2.36. The van der Waals surface area contributed by atoms with Crippen LogP contribution in [-0.4, -0.2) is 7.28 Å². The second-order valence-electron chi connectivity index (χ2n) is 5.73. The smallest absolute Gasteiger partial charge is 0.110 e. The lowest BCUT2D eigenvalue weighted by Gasteiger charge is -2.14. The summed E-state index contributed by atoms with van der Waals surface area (Å²) in [5.41, 5.74) is 6.70. The molecule has 100 valence electrons. The number of allylic oxidation sites excluding steroid dienone is 5. The first-order valence-corrected chi connectivity index (χ1v) is 6.99. The van der Waals surface area contributed by atoms with Crippen molar-refractivity contribution in [2.75, 3.05) is 0 Å². The Balaban J connectivity index is 3.17. The van der Waals surface area contributed by atoms with E-state index in [4.69, 9.17) is 0 Å². The van der Waals surface area contributed by atoms with Gasteiger partial charge in [0.1, 0.15) is 0 Å². The molecule has 0 aliphatic rings. The Morgan fingerprint density at radius 1 is 1.11 bits per heavy atom. The molecule has 0 heterocycles. The highest BCUT2D eigenvalue weighted by atomic mass is 14.1. The fraction of sp³-hybridized carbons (Fsp3) is 0.333. The molecule has 0 N–H and O–H groups in total. The Hall–Kier alpha value is -1.50. The van der Waals surface area contributed by atoms with Crippen LogP contribution in [0.4, 0.5) is 0 Å². The third-order valence-electron chi connectivity index (χ3n) is 3.24. The highest BCUT2D eigenvalue weighted by molar-refractivity contribution is 6.53. The molecule has 0 saturated carbocycles. The van der Waals surface area contributed by atoms with Gasteiger partial charge in [-0.25, -0.2) is 0 Å². The second-order valence-corrected chi connectivity index (χ2v) is 5.73. The summed E-state index contributed by atoms with van der Waals surface area (Å²) in [6.07, 6.45) is 2.34. The molecule has 0 atom stereocenters. The predicted octanol–water partition coefficient (Wildman–Crippen LogP) is 4.99. The van der Waals surface area contributed by atoms with E-state index < -0.39 is 0 Å². The molecular weight excluding hydrogens is 227 g/mol. The van der Waals surface area contributed by atoms with E-state index in [1.165, 1.54) is 27.7 Å². The largest absolute Gasteiger partial charge is 0.180 e. The molecule has 0 radical (unpaired) electrons. The molecule has 0 nitrogen and oxygen atoms in total. The SMILES string of the molecule is C=C(C)B/C(C)=C/C(=C(/C)c1ccccc1)C(C)C. The summed E-state index contributed by atoms with van der Waals surface area (Å²) >= 11 is 0. The van der Waals surface area contributed by atoms with Crippen LogP contribution in [0.25, 0.3) is 5.57 Å². The Morgan fingerprint density at radius 2 is 1.68 bits per heavy atom. The Labute approximate surface area is 119 Å². The van der Waals surface area contributed by atoms with E-state index in [1.807, 2.05) is 0 Å². The molecule has 1 rings (SSSR count). The molecule has 1 aromatic rings. The van der Waals surface area contributed by atoms with Crippen molar-refractivity contribution in [3.8, 4) is 0 Å². The molecule has 1 heteroatoms. The summed E-state index contributed by atoms with van der Waals surface area (Å²) in [7, 11) is 0.984. The van der Waals surface area contributed by atoms with Crippen LogP contribution < -0.4 is 0 Å². The zero-order valence-electron chi connectivity index (χ0n) is 13.0. The average molecular weight is 252 g/mol. The van der Waals surface area contributed by atoms with Crippen molar-refractivity contribution in [3.63, 3.8) is 0 Å². The summed E-state index contributed by atoms with van der Waals surface area (Å²) < 4.78 is 0. The first-order valence-electron chi connectivity index (χ1n) is 6.99. The normalized spacial score (nSPS) is 13.3. The highest BCUT2D eigenvalue weighted by Crippen LogP contribution is 2.25. The molecule has 0 fully saturated rings. The molecule has 0 amide bonds. The van der Waals surface area contributed by atoms with Gasteiger partial charge in [-0.3, -0.25) is 0 Å². The lowest BCUT2D eigenvalue weighted by atomic mass is 9.63. The van der Waals surface area contributed by atoms with E-state index in [1.54, 1.807) is 0 Å². The fourth-order valence-corrected chi connectivity index (χ4v) is 2.36. The van der Waals surface area contributed by atoms with Gasteiger partial charge in [0.2, 0.25) is 0 Å². The second kappa shape index (κ2) is 7.18. The Kier molecular flexibility index (Phi) is 5.88. The predicted molar refractivity (Wildman–Crippen MR) is 89.6 cm³/mol. The maximum absolute atomic E-state index is 3.99. The summed E-state index contributed by atoms with van der Waals surface area (Å²) in [5, 5.41) is 0. The third-order valence-corrected chi connectivity index (χ3v) is 3.24. The molecule has 0 unspecified atom stereocenters. The van der Waals surface area contributed by atoms with E-state index in [2.05, 4.69) is 77.6 Å². The quantitative estimate of drug-likeness (QED) is 0.511. The van der Waals surface area contributed by atoms with Gasteiger partial charge in [0.05, 0.1) is 0 Å². The first-order chi connectivity index (χ1) is 8.91. The van der Waals surface area contributed by atoms with Gasteiger partial charge in [-0.05, 0) is 29.6 Å². The van der Waals surface area contributed by atoms with Gasteiger partial charge in [0.25, 0.3) is 0 Å². The van der Waals surface area contributed by atoms with Crippen molar-refractivity contribution >= 4 is 12.9 Å². The van der Waals surface area contributed by atoms with Crippen LogP contribution in [0, 0.1) is 5.92 Å². The molecule has 0 spiro atoms. The van der Waals surface area contributed by atoms with Crippen molar-refractivity contribution in [1.82, 2.24) is 0 Å². The van der Waals surface area contributed by atoms with Crippen LogP contribution in [0.2, 0.25) is 0 Å². The zero-order valence-corrected chi connectivity index (χ0v) is 13.0. The molecule has 0 aliphatic carbocycles. The van der Waals surface area contributed by atoms with E-state index in [0.717, 1.165) is 7.28 Å². The first kappa shape index (κ1) is 15.6. The zero-order chi connectivity index (χ0) is 14.4. The summed E-state index contributed by atoms with van der Waals surface area (Å²) in [6.45, 7) is 15.0. The monoisotopic (exact) mass is 252 g/mol. The number of hydrogen-bond acceptors (Lipinski definition) is 0. The van der Waals surface area contributed by atoms with Crippen molar-refractivity contribution < 1.29 is 0 Å². The maximum Gasteiger partial charge on any atom is 0.180 e. The van der Waals surface area contributed by atoms with Crippen molar-refractivity contribution in [1.29, 1.82) is 0 Å². The lowest BCUT2D eigenvalue weighted by Crippen LogP contribution is -2.00. The van der Waals surface area contributed by atoms with Crippen LogP contribution in [0.3, 0.4) is 0 Å². The van der Waals surface area contributed by atoms with Crippen LogP contribution >= 0.6 is 0 Å². The van der Waals surface area contributed by atoms with Gasteiger partial charge in [0, 0.05) is 0 Å². The van der Waals surface area contributed by atoms with E-state index in [9.17, 15) is 0 Å². The maximum atomic E-state index is 3.99. The van der Waals surface area contributed by atoms with E-state index in [-0.39, 0.29) is 0 Å². The van der Waals surface area contributed by atoms with Crippen LogP contribution in [0.1, 0.15) is 40.2 Å². The molecule has 0 saturated heterocycles. The third kappa shape index (κ3) is 4.94. The van der Waals surface area contributed by atoms with Gasteiger partial charge in [-0.2, -0.15) is 0 Å². The number of benzene rings is 1. The van der Waals surface area contributed by atoms with Gasteiger partial charge in [-0.1, -0.05) is 64.1 Å². The highest BCUT2D eigenvalue weighted by Gasteiger charge is 2.07. The Bertz CT molecular complexity index is 490. The van der Waals surface area contributed by atoms with Crippen molar-refractivity contribution in [2.24, 2.45) is 5.92 Å². The number of hydrogen-bond donors (Lipinski definition) is 0. The molecular formula is C18H25B. The molecule has 0 bridgehead atoms. The topological polar surface area (TPSA) is 0 Å². The Morgan fingerprint density at radius 3 is 2.16 bits per heavy atom. The summed E-state index contributed by atoms with van der Waals surface area (Å²) in [4.78, 5) is 0. The number of rotatable bonds is 5. The lowest BCUT2D eigenvalue weighted by molar-refractivity contribution is 0.792. The standard InChI is InChI=1S/C18H25B/c1-13(2)18(12-15(5)19-14(3)4)16(6)17-10-8-7-9-11-17/h7-13,19H,3H2,1-2,4-6H3/b15-12+,18-16+. The van der Waals surface area contributed by atoms with Gasteiger partial charge < -0.3 is 0 Å². The molecule has 1 aromatic carbocycles. The van der Waals surface area contributed by atoms with Crippen molar-refractivity contribution in [2.45, 2.75) is 34.6 Å². The minimum absolute atomic E-state index is 0.528. The van der Waals surface area contributed by atoms with Gasteiger partial charge in [-0.15, -0.1) is 17.5 Å². The molecule has 19 heavy (non-hydrogen) atoms. The summed E-state index contributed by atoms with van der Waals surface area (Å²) in [6, 6.07) is 10.6. The van der Waals surface area contributed by atoms with Gasteiger partial charge in [0.15, 0.2) is 7.28 Å². The van der Waals surface area contributed by atoms with Crippen LogP contribution in [0.15, 0.2) is 59.5 Å². The summed E-state index contributed by atoms with van der Waals surface area (Å²) in [5.74, 6) is 0.528. The van der Waals surface area contributed by atoms with E-state index in [0.29, 0.717) is 5.92 Å². The average Bonchev–Trinajstić information content (AvgIpc) is 2.35. The van der Waals surface area contributed by atoms with Crippen LogP contribution in [-0.2, 0) is 0 Å². The van der Waals surface area contributed by atoms with Crippen molar-refractivity contribution in [3.05, 3.63) is 65.1 Å². The minimum atomic E-state index is 0.528. The minimum Gasteiger partial charge on any atom is -0.110 e. The molecule has 0 aliphatic heterocycles.